The van der Waals surface area contributed by atoms with Gasteiger partial charge in [0.15, 0.2) is 0 Å². The molecule has 2 heteroatoms. The van der Waals surface area contributed by atoms with Gasteiger partial charge < -0.3 is 10.2 Å². The van der Waals surface area contributed by atoms with E-state index in [-0.39, 0.29) is 0 Å². The Kier molecular flexibility index (Phi) is 5.62. The highest BCUT2D eigenvalue weighted by Gasteiger charge is 2.06. The lowest BCUT2D eigenvalue weighted by atomic mass is 10.1. The Hall–Kier alpha value is -1.12. The Morgan fingerprint density at radius 1 is 1.21 bits per heavy atom. The van der Waals surface area contributed by atoms with Gasteiger partial charge in [0.1, 0.15) is 0 Å². The van der Waals surface area contributed by atoms with Crippen LogP contribution >= 0.6 is 0 Å². The van der Waals surface area contributed by atoms with Gasteiger partial charge in [-0.3, -0.25) is 0 Å². The molecule has 0 unspecified atom stereocenters. The van der Waals surface area contributed by atoms with Crippen molar-refractivity contribution in [2.75, 3.05) is 32.7 Å². The summed E-state index contributed by atoms with van der Waals surface area (Å²) < 4.78 is 0. The average molecular weight is 258 g/mol. The first kappa shape index (κ1) is 14.3. The zero-order valence-corrected chi connectivity index (χ0v) is 12.3. The van der Waals surface area contributed by atoms with Gasteiger partial charge in [-0.1, -0.05) is 35.9 Å². The minimum atomic E-state index is 1.14. The lowest BCUT2D eigenvalue weighted by Gasteiger charge is -2.17. The minimum absolute atomic E-state index is 1.14. The van der Waals surface area contributed by atoms with Gasteiger partial charge in [-0.15, -0.1) is 0 Å². The highest BCUT2D eigenvalue weighted by Crippen LogP contribution is 2.12. The maximum absolute atomic E-state index is 3.45. The molecule has 1 aliphatic heterocycles. The van der Waals surface area contributed by atoms with Crippen molar-refractivity contribution in [2.24, 2.45) is 0 Å². The maximum atomic E-state index is 3.45. The summed E-state index contributed by atoms with van der Waals surface area (Å²) in [7, 11) is 0. The third-order valence-corrected chi connectivity index (χ3v) is 3.78. The van der Waals surface area contributed by atoms with E-state index < -0.39 is 0 Å². The Morgan fingerprint density at radius 2 is 2.11 bits per heavy atom. The second-order valence-corrected chi connectivity index (χ2v) is 5.50. The second-order valence-electron chi connectivity index (χ2n) is 5.50. The molecule has 19 heavy (non-hydrogen) atoms. The molecule has 104 valence electrons. The molecule has 1 aromatic carbocycles. The summed E-state index contributed by atoms with van der Waals surface area (Å²) in [5, 5.41) is 3.45. The van der Waals surface area contributed by atoms with E-state index in [0.29, 0.717) is 0 Å². The molecule has 0 aliphatic carbocycles. The van der Waals surface area contributed by atoms with Crippen LogP contribution < -0.4 is 5.32 Å². The molecule has 1 N–H and O–H groups in total. The third-order valence-electron chi connectivity index (χ3n) is 3.78. The predicted molar refractivity (Wildman–Crippen MR) is 83.5 cm³/mol. The Balaban J connectivity index is 1.81. The predicted octanol–water partition coefficient (Wildman–Crippen LogP) is 3.00. The smallest absolute Gasteiger partial charge is 0.0107 e. The molecule has 2 rings (SSSR count). The van der Waals surface area contributed by atoms with Crippen LogP contribution in [0.15, 0.2) is 24.3 Å². The number of hydrogen-bond acceptors (Lipinski definition) is 2. The van der Waals surface area contributed by atoms with Gasteiger partial charge in [-0.05, 0) is 50.9 Å². The summed E-state index contributed by atoms with van der Waals surface area (Å²) in [6.07, 6.45) is 7.02. The van der Waals surface area contributed by atoms with Crippen LogP contribution in [-0.2, 0) is 0 Å². The molecule has 1 fully saturated rings. The minimum Gasteiger partial charge on any atom is -0.315 e. The van der Waals surface area contributed by atoms with Crippen molar-refractivity contribution in [3.63, 3.8) is 0 Å². The Labute approximate surface area is 117 Å². The van der Waals surface area contributed by atoms with Crippen LogP contribution in [0.1, 0.15) is 29.5 Å². The first-order valence-electron chi connectivity index (χ1n) is 7.42. The number of aryl methyl sites for hydroxylation is 2. The van der Waals surface area contributed by atoms with Crippen molar-refractivity contribution in [1.29, 1.82) is 0 Å². The summed E-state index contributed by atoms with van der Waals surface area (Å²) in [6, 6.07) is 6.65. The largest absolute Gasteiger partial charge is 0.315 e. The van der Waals surface area contributed by atoms with Gasteiger partial charge >= 0.3 is 0 Å². The van der Waals surface area contributed by atoms with Crippen molar-refractivity contribution in [3.8, 4) is 0 Å². The van der Waals surface area contributed by atoms with Crippen molar-refractivity contribution < 1.29 is 0 Å². The number of nitrogens with one attached hydrogen (secondary N) is 1. The molecule has 1 aliphatic rings. The number of benzene rings is 1. The molecule has 1 aromatic rings. The van der Waals surface area contributed by atoms with Crippen molar-refractivity contribution in [2.45, 2.75) is 26.7 Å². The molecule has 0 radical (unpaired) electrons. The van der Waals surface area contributed by atoms with Crippen molar-refractivity contribution in [3.05, 3.63) is 41.0 Å². The molecule has 0 spiro atoms. The van der Waals surface area contributed by atoms with Gasteiger partial charge in [0.05, 0.1) is 0 Å². The lowest BCUT2D eigenvalue weighted by Crippen LogP contribution is -2.28. The van der Waals surface area contributed by atoms with Crippen molar-refractivity contribution >= 4 is 6.08 Å². The quantitative estimate of drug-likeness (QED) is 0.893. The maximum Gasteiger partial charge on any atom is 0.0107 e. The number of rotatable bonds is 4. The van der Waals surface area contributed by atoms with Gasteiger partial charge in [0.25, 0.3) is 0 Å². The molecule has 0 amide bonds. The Morgan fingerprint density at radius 3 is 3.00 bits per heavy atom. The molecule has 0 bridgehead atoms. The van der Waals surface area contributed by atoms with E-state index in [0.717, 1.165) is 13.0 Å². The number of hydrogen-bond donors (Lipinski definition) is 1. The first-order valence-corrected chi connectivity index (χ1v) is 7.42. The fourth-order valence-electron chi connectivity index (χ4n) is 2.53. The first-order chi connectivity index (χ1) is 9.25. The van der Waals surface area contributed by atoms with Gasteiger partial charge in [-0.25, -0.2) is 0 Å². The lowest BCUT2D eigenvalue weighted by molar-refractivity contribution is 0.298. The zero-order valence-electron chi connectivity index (χ0n) is 12.3. The standard InChI is InChI=1S/C17H26N2/c1-15-7-8-16(2)17(14-15)6-3-4-11-19-12-5-9-18-10-13-19/h3,6-8,14,18H,4-5,9-13H2,1-2H3/b6-3+. The van der Waals surface area contributed by atoms with E-state index in [9.17, 15) is 0 Å². The zero-order chi connectivity index (χ0) is 13.5. The highest BCUT2D eigenvalue weighted by molar-refractivity contribution is 5.54. The highest BCUT2D eigenvalue weighted by atomic mass is 15.1. The Bertz CT molecular complexity index is 415. The topological polar surface area (TPSA) is 15.3 Å². The summed E-state index contributed by atoms with van der Waals surface area (Å²) >= 11 is 0. The third kappa shape index (κ3) is 4.81. The van der Waals surface area contributed by atoms with E-state index in [1.807, 2.05) is 0 Å². The van der Waals surface area contributed by atoms with E-state index in [1.165, 1.54) is 49.3 Å². The molecular formula is C17H26N2. The average Bonchev–Trinajstić information content (AvgIpc) is 2.67. The molecular weight excluding hydrogens is 232 g/mol. The van der Waals surface area contributed by atoms with E-state index in [1.54, 1.807) is 0 Å². The monoisotopic (exact) mass is 258 g/mol. The fraction of sp³-hybridized carbons (Fsp3) is 0.529. The number of nitrogens with zero attached hydrogens (tertiary/aromatic N) is 1. The molecule has 1 saturated heterocycles. The van der Waals surface area contributed by atoms with Gasteiger partial charge in [0.2, 0.25) is 0 Å². The fourth-order valence-corrected chi connectivity index (χ4v) is 2.53. The summed E-state index contributed by atoms with van der Waals surface area (Å²) in [6.45, 7) is 10.3. The SMILES string of the molecule is Cc1ccc(C)c(/C=C/CCN2CCCNCC2)c1. The van der Waals surface area contributed by atoms with E-state index >= 15 is 0 Å². The molecule has 1 heterocycles. The summed E-state index contributed by atoms with van der Waals surface area (Å²) in [5.74, 6) is 0. The molecule has 2 nitrogen and oxygen atoms in total. The van der Waals surface area contributed by atoms with Crippen LogP contribution in [0.2, 0.25) is 0 Å². The van der Waals surface area contributed by atoms with Gasteiger partial charge in [-0.2, -0.15) is 0 Å². The van der Waals surface area contributed by atoms with Crippen LogP contribution in [0.25, 0.3) is 6.08 Å². The summed E-state index contributed by atoms with van der Waals surface area (Å²) in [5.41, 5.74) is 4.06. The molecule has 0 atom stereocenters. The van der Waals surface area contributed by atoms with Crippen LogP contribution in [0.3, 0.4) is 0 Å². The van der Waals surface area contributed by atoms with Gasteiger partial charge in [0, 0.05) is 19.6 Å². The van der Waals surface area contributed by atoms with E-state index in [2.05, 4.69) is 54.4 Å². The van der Waals surface area contributed by atoms with Crippen molar-refractivity contribution in [1.82, 2.24) is 10.2 Å². The van der Waals surface area contributed by atoms with Crippen LogP contribution in [0.4, 0.5) is 0 Å². The molecule has 0 aromatic heterocycles. The normalized spacial score (nSPS) is 17.8. The van der Waals surface area contributed by atoms with Crippen LogP contribution in [0.5, 0.6) is 0 Å². The summed E-state index contributed by atoms with van der Waals surface area (Å²) in [4.78, 5) is 2.56. The molecule has 0 saturated carbocycles. The second kappa shape index (κ2) is 7.46. The van der Waals surface area contributed by atoms with Crippen LogP contribution in [0, 0.1) is 13.8 Å². The van der Waals surface area contributed by atoms with E-state index in [4.69, 9.17) is 0 Å². The van der Waals surface area contributed by atoms with Crippen LogP contribution in [-0.4, -0.2) is 37.6 Å².